The second kappa shape index (κ2) is 10.9. The molecule has 1 amide bonds. The maximum Gasteiger partial charge on any atom is 0.247 e. The molecule has 2 rings (SSSR count). The molecule has 0 fully saturated rings. The van der Waals surface area contributed by atoms with Crippen LogP contribution in [-0.2, 0) is 24.8 Å². The van der Waals surface area contributed by atoms with Gasteiger partial charge < -0.3 is 10.1 Å². The van der Waals surface area contributed by atoms with Crippen molar-refractivity contribution in [2.75, 3.05) is 33.3 Å². The summed E-state index contributed by atoms with van der Waals surface area (Å²) in [6, 6.07) is 11.2. The van der Waals surface area contributed by atoms with E-state index in [0.29, 0.717) is 0 Å². The van der Waals surface area contributed by atoms with E-state index in [1.54, 1.807) is 38.1 Å². The Kier molecular flexibility index (Phi) is 8.79. The summed E-state index contributed by atoms with van der Waals surface area (Å²) in [5.41, 5.74) is 1.68. The number of benzene rings is 2. The Morgan fingerprint density at radius 1 is 0.969 bits per heavy atom. The molecule has 0 saturated carbocycles. The number of likely N-dealkylation sites (N-methyl/N-ethyl adjacent to an activating group) is 1. The number of hydrogen-bond donors (Lipinski definition) is 2. The zero-order chi connectivity index (χ0) is 23.9. The summed E-state index contributed by atoms with van der Waals surface area (Å²) in [7, 11) is -6.28. The van der Waals surface area contributed by atoms with Crippen LogP contribution >= 0.6 is 0 Å². The number of rotatable bonds is 11. The van der Waals surface area contributed by atoms with Crippen LogP contribution < -0.4 is 14.8 Å². The van der Waals surface area contributed by atoms with Crippen molar-refractivity contribution in [3.05, 3.63) is 53.6 Å². The average Bonchev–Trinajstić information content (AvgIpc) is 2.75. The van der Waals surface area contributed by atoms with Gasteiger partial charge in [0.2, 0.25) is 26.0 Å². The minimum absolute atomic E-state index is 0.00922. The number of hydrogen-bond acceptors (Lipinski definition) is 6. The van der Waals surface area contributed by atoms with E-state index >= 15 is 0 Å². The highest BCUT2D eigenvalue weighted by molar-refractivity contribution is 7.89. The minimum atomic E-state index is -3.97. The summed E-state index contributed by atoms with van der Waals surface area (Å²) in [6.45, 7) is 4.89. The van der Waals surface area contributed by atoms with E-state index < -0.39 is 32.5 Å². The van der Waals surface area contributed by atoms with Gasteiger partial charge in [-0.15, -0.1) is 0 Å². The van der Waals surface area contributed by atoms with E-state index in [1.165, 1.54) is 25.3 Å². The minimum Gasteiger partial charge on any atom is -0.495 e. The monoisotopic (exact) mass is 483 g/mol. The number of sulfonamides is 2. The van der Waals surface area contributed by atoms with E-state index in [4.69, 9.17) is 4.74 Å². The van der Waals surface area contributed by atoms with Crippen molar-refractivity contribution >= 4 is 26.0 Å². The third-order valence-electron chi connectivity index (χ3n) is 4.68. The lowest BCUT2D eigenvalue weighted by atomic mass is 10.2. The molecule has 0 aliphatic heterocycles. The molecule has 0 aliphatic carbocycles. The fourth-order valence-corrected chi connectivity index (χ4v) is 5.57. The van der Waals surface area contributed by atoms with E-state index in [9.17, 15) is 21.6 Å². The molecular formula is C21H29N3O6S2. The summed E-state index contributed by atoms with van der Waals surface area (Å²) < 4.78 is 59.2. The van der Waals surface area contributed by atoms with Crippen LogP contribution in [0.25, 0.3) is 0 Å². The molecule has 9 nitrogen and oxygen atoms in total. The maximum absolute atomic E-state index is 13.0. The lowest BCUT2D eigenvalue weighted by Crippen LogP contribution is -2.42. The smallest absolute Gasteiger partial charge is 0.247 e. The van der Waals surface area contributed by atoms with Gasteiger partial charge in [0, 0.05) is 19.6 Å². The number of aryl methyl sites for hydroxylation is 2. The summed E-state index contributed by atoms with van der Waals surface area (Å²) >= 11 is 0. The summed E-state index contributed by atoms with van der Waals surface area (Å²) in [6.07, 6.45) is 0. The van der Waals surface area contributed by atoms with Crippen LogP contribution in [0.4, 0.5) is 0 Å². The number of carbonyl (C=O) groups excluding carboxylic acids is 1. The van der Waals surface area contributed by atoms with Gasteiger partial charge in [0.15, 0.2) is 0 Å². The Morgan fingerprint density at radius 2 is 1.59 bits per heavy atom. The standard InChI is InChI=1S/C21H29N3O6S2/c1-5-24(32(28,29)20-14-17(3)8-11-19(20)30-4)15-21(25)22-12-13-23-31(26,27)18-9-6-16(2)7-10-18/h6-11,14,23H,5,12-13,15H2,1-4H3,(H,22,25). The first-order valence-electron chi connectivity index (χ1n) is 9.99. The molecule has 2 aromatic rings. The Labute approximate surface area is 189 Å². The van der Waals surface area contributed by atoms with E-state index in [1.807, 2.05) is 6.92 Å². The normalized spacial score (nSPS) is 12.0. The topological polar surface area (TPSA) is 122 Å². The van der Waals surface area contributed by atoms with E-state index in [2.05, 4.69) is 10.0 Å². The fourth-order valence-electron chi connectivity index (χ4n) is 2.90. The highest BCUT2D eigenvalue weighted by Crippen LogP contribution is 2.27. The van der Waals surface area contributed by atoms with Crippen LogP contribution in [0.2, 0.25) is 0 Å². The maximum atomic E-state index is 13.0. The Balaban J connectivity index is 1.96. The van der Waals surface area contributed by atoms with Gasteiger partial charge in [0.05, 0.1) is 18.6 Å². The van der Waals surface area contributed by atoms with Crippen LogP contribution in [-0.4, -0.2) is 60.3 Å². The van der Waals surface area contributed by atoms with Crippen LogP contribution in [0.3, 0.4) is 0 Å². The molecule has 32 heavy (non-hydrogen) atoms. The van der Waals surface area contributed by atoms with Gasteiger partial charge in [0.25, 0.3) is 0 Å². The van der Waals surface area contributed by atoms with Crippen molar-refractivity contribution in [2.45, 2.75) is 30.6 Å². The van der Waals surface area contributed by atoms with Gasteiger partial charge in [-0.25, -0.2) is 21.6 Å². The second-order valence-electron chi connectivity index (χ2n) is 7.15. The average molecular weight is 484 g/mol. The molecule has 0 aliphatic rings. The molecule has 0 radical (unpaired) electrons. The Hall–Kier alpha value is -2.47. The highest BCUT2D eigenvalue weighted by Gasteiger charge is 2.28. The second-order valence-corrected chi connectivity index (χ2v) is 10.8. The Bertz CT molecular complexity index is 1150. The van der Waals surface area contributed by atoms with Crippen molar-refractivity contribution in [1.82, 2.24) is 14.3 Å². The lowest BCUT2D eigenvalue weighted by Gasteiger charge is -2.21. The van der Waals surface area contributed by atoms with Gasteiger partial charge in [-0.2, -0.15) is 4.31 Å². The molecule has 0 saturated heterocycles. The van der Waals surface area contributed by atoms with Crippen molar-refractivity contribution < 1.29 is 26.4 Å². The Morgan fingerprint density at radius 3 is 2.19 bits per heavy atom. The molecule has 176 valence electrons. The van der Waals surface area contributed by atoms with Crippen molar-refractivity contribution in [3.8, 4) is 5.75 Å². The fraction of sp³-hybridized carbons (Fsp3) is 0.381. The summed E-state index contributed by atoms with van der Waals surface area (Å²) in [5.74, 6) is -0.350. The number of ether oxygens (including phenoxy) is 1. The molecule has 11 heteroatoms. The molecular weight excluding hydrogens is 454 g/mol. The number of amides is 1. The van der Waals surface area contributed by atoms with E-state index in [0.717, 1.165) is 15.4 Å². The van der Waals surface area contributed by atoms with Crippen molar-refractivity contribution in [2.24, 2.45) is 0 Å². The first-order valence-corrected chi connectivity index (χ1v) is 12.9. The largest absolute Gasteiger partial charge is 0.495 e. The predicted octanol–water partition coefficient (Wildman–Crippen LogP) is 1.42. The first kappa shape index (κ1) is 25.8. The molecule has 2 N–H and O–H groups in total. The SMILES string of the molecule is CCN(CC(=O)NCCNS(=O)(=O)c1ccc(C)cc1)S(=O)(=O)c1cc(C)ccc1OC. The summed E-state index contributed by atoms with van der Waals surface area (Å²) in [4.78, 5) is 12.4. The number of methoxy groups -OCH3 is 1. The molecule has 0 heterocycles. The molecule has 0 atom stereocenters. The predicted molar refractivity (Wildman–Crippen MR) is 122 cm³/mol. The molecule has 2 aromatic carbocycles. The van der Waals surface area contributed by atoms with Gasteiger partial charge >= 0.3 is 0 Å². The molecule has 0 aromatic heterocycles. The van der Waals surface area contributed by atoms with Crippen LogP contribution in [0, 0.1) is 13.8 Å². The molecule has 0 bridgehead atoms. The molecule has 0 spiro atoms. The first-order chi connectivity index (χ1) is 15.0. The van der Waals surface area contributed by atoms with Gasteiger partial charge in [-0.1, -0.05) is 30.7 Å². The summed E-state index contributed by atoms with van der Waals surface area (Å²) in [5, 5.41) is 2.54. The van der Waals surface area contributed by atoms with Crippen LogP contribution in [0.15, 0.2) is 52.3 Å². The third kappa shape index (κ3) is 6.52. The quantitative estimate of drug-likeness (QED) is 0.466. The van der Waals surface area contributed by atoms with Gasteiger partial charge in [0.1, 0.15) is 10.6 Å². The zero-order valence-electron chi connectivity index (χ0n) is 18.6. The molecule has 0 unspecified atom stereocenters. The highest BCUT2D eigenvalue weighted by atomic mass is 32.2. The van der Waals surface area contributed by atoms with Crippen molar-refractivity contribution in [3.63, 3.8) is 0 Å². The van der Waals surface area contributed by atoms with E-state index in [-0.39, 0.29) is 35.2 Å². The number of nitrogens with zero attached hydrogens (tertiary/aromatic N) is 1. The van der Waals surface area contributed by atoms with Gasteiger partial charge in [-0.3, -0.25) is 4.79 Å². The van der Waals surface area contributed by atoms with Crippen LogP contribution in [0.5, 0.6) is 5.75 Å². The van der Waals surface area contributed by atoms with Gasteiger partial charge in [-0.05, 0) is 43.7 Å². The van der Waals surface area contributed by atoms with Crippen LogP contribution in [0.1, 0.15) is 18.1 Å². The van der Waals surface area contributed by atoms with Crippen molar-refractivity contribution in [1.29, 1.82) is 0 Å². The zero-order valence-corrected chi connectivity index (χ0v) is 20.2. The number of nitrogens with one attached hydrogen (secondary N) is 2. The lowest BCUT2D eigenvalue weighted by molar-refractivity contribution is -0.121. The number of carbonyl (C=O) groups is 1. The third-order valence-corrected chi connectivity index (χ3v) is 8.10.